The van der Waals surface area contributed by atoms with Gasteiger partial charge >= 0.3 is 0 Å². The molecule has 0 unspecified atom stereocenters. The summed E-state index contributed by atoms with van der Waals surface area (Å²) in [5, 5.41) is 0. The summed E-state index contributed by atoms with van der Waals surface area (Å²) in [5.41, 5.74) is 4.54. The first kappa shape index (κ1) is 18.6. The van der Waals surface area contributed by atoms with Gasteiger partial charge in [-0.25, -0.2) is 8.42 Å². The van der Waals surface area contributed by atoms with Gasteiger partial charge < -0.3 is 0 Å². The first-order valence-electron chi connectivity index (χ1n) is 8.14. The van der Waals surface area contributed by atoms with Gasteiger partial charge in [0.25, 0.3) is 0 Å². The van der Waals surface area contributed by atoms with E-state index < -0.39 is 10.0 Å². The summed E-state index contributed by atoms with van der Waals surface area (Å²) in [4.78, 5) is 4.54. The van der Waals surface area contributed by atoms with Gasteiger partial charge in [-0.1, -0.05) is 12.1 Å². The van der Waals surface area contributed by atoms with Crippen molar-refractivity contribution in [3.8, 4) is 0 Å². The Labute approximate surface area is 145 Å². The molecule has 0 saturated carbocycles. The molecule has 0 aliphatic heterocycles. The van der Waals surface area contributed by atoms with Crippen LogP contribution in [0, 0.1) is 27.7 Å². The summed E-state index contributed by atoms with van der Waals surface area (Å²) >= 11 is 0. The number of pyridine rings is 1. The van der Waals surface area contributed by atoms with Gasteiger partial charge in [0.2, 0.25) is 10.0 Å². The second-order valence-electron chi connectivity index (χ2n) is 6.59. The monoisotopic (exact) mass is 346 g/mol. The molecule has 0 aliphatic rings. The number of hydrogen-bond acceptors (Lipinski definition) is 3. The van der Waals surface area contributed by atoms with E-state index in [-0.39, 0.29) is 6.04 Å². The van der Waals surface area contributed by atoms with Crippen molar-refractivity contribution < 1.29 is 8.42 Å². The average molecular weight is 346 g/mol. The third kappa shape index (κ3) is 3.52. The predicted octanol–water partition coefficient (Wildman–Crippen LogP) is 3.91. The third-order valence-corrected chi connectivity index (χ3v) is 6.80. The molecule has 0 fully saturated rings. The molecule has 0 amide bonds. The molecular weight excluding hydrogens is 320 g/mol. The molecule has 4 nitrogen and oxygen atoms in total. The molecule has 24 heavy (non-hydrogen) atoms. The summed E-state index contributed by atoms with van der Waals surface area (Å²) in [6.07, 6.45) is 3.40. The maximum absolute atomic E-state index is 13.4. The van der Waals surface area contributed by atoms with Crippen LogP contribution in [0.4, 0.5) is 0 Å². The van der Waals surface area contributed by atoms with E-state index in [1.165, 1.54) is 0 Å². The molecule has 1 aromatic heterocycles. The lowest BCUT2D eigenvalue weighted by molar-refractivity contribution is 0.347. The smallest absolute Gasteiger partial charge is 0.244 e. The second kappa shape index (κ2) is 7.03. The van der Waals surface area contributed by atoms with Crippen LogP contribution in [0.25, 0.3) is 0 Å². The third-order valence-electron chi connectivity index (χ3n) is 4.50. The van der Waals surface area contributed by atoms with Crippen molar-refractivity contribution >= 4 is 10.0 Å². The molecule has 0 aliphatic carbocycles. The van der Waals surface area contributed by atoms with Crippen molar-refractivity contribution in [3.63, 3.8) is 0 Å². The summed E-state index contributed by atoms with van der Waals surface area (Å²) in [7, 11) is -3.60. The van der Waals surface area contributed by atoms with E-state index in [1.807, 2.05) is 59.7 Å². The van der Waals surface area contributed by atoms with Crippen LogP contribution in [-0.4, -0.2) is 23.7 Å². The minimum atomic E-state index is -3.60. The van der Waals surface area contributed by atoms with Crippen molar-refractivity contribution in [1.29, 1.82) is 0 Å². The van der Waals surface area contributed by atoms with E-state index in [0.717, 1.165) is 27.8 Å². The Morgan fingerprint density at radius 2 is 1.67 bits per heavy atom. The molecule has 0 spiro atoms. The standard InChI is InChI=1S/C19H26N2O2S/c1-13(2)21(12-18-8-7-9-20-11-18)24(22,23)19-16(5)14(3)10-15(4)17(19)6/h7-11,13H,12H2,1-6H3. The van der Waals surface area contributed by atoms with Gasteiger partial charge in [-0.15, -0.1) is 0 Å². The van der Waals surface area contributed by atoms with E-state index in [4.69, 9.17) is 0 Å². The van der Waals surface area contributed by atoms with Crippen LogP contribution < -0.4 is 0 Å². The molecule has 5 heteroatoms. The van der Waals surface area contributed by atoms with Crippen molar-refractivity contribution in [3.05, 3.63) is 58.4 Å². The minimum Gasteiger partial charge on any atom is -0.264 e. The van der Waals surface area contributed by atoms with Gasteiger partial charge in [0, 0.05) is 25.0 Å². The van der Waals surface area contributed by atoms with Gasteiger partial charge in [-0.3, -0.25) is 4.98 Å². The number of nitrogens with zero attached hydrogens (tertiary/aromatic N) is 2. The van der Waals surface area contributed by atoms with Crippen LogP contribution in [-0.2, 0) is 16.6 Å². The van der Waals surface area contributed by atoms with Gasteiger partial charge in [-0.2, -0.15) is 4.31 Å². The van der Waals surface area contributed by atoms with E-state index in [0.29, 0.717) is 11.4 Å². The molecule has 1 heterocycles. The fourth-order valence-corrected chi connectivity index (χ4v) is 5.11. The largest absolute Gasteiger partial charge is 0.264 e. The van der Waals surface area contributed by atoms with Crippen LogP contribution in [0.5, 0.6) is 0 Å². The number of benzene rings is 1. The molecule has 0 bridgehead atoms. The first-order chi connectivity index (χ1) is 11.2. The molecule has 130 valence electrons. The normalized spacial score (nSPS) is 12.2. The van der Waals surface area contributed by atoms with Crippen LogP contribution in [0.15, 0.2) is 35.5 Å². The van der Waals surface area contributed by atoms with Crippen molar-refractivity contribution in [1.82, 2.24) is 9.29 Å². The molecule has 0 atom stereocenters. The number of aryl methyl sites for hydroxylation is 2. The van der Waals surface area contributed by atoms with E-state index in [1.54, 1.807) is 16.7 Å². The summed E-state index contributed by atoms with van der Waals surface area (Å²) in [5.74, 6) is 0. The van der Waals surface area contributed by atoms with Crippen LogP contribution in [0.3, 0.4) is 0 Å². The Kier molecular flexibility index (Phi) is 5.45. The summed E-state index contributed by atoms with van der Waals surface area (Å²) < 4.78 is 28.4. The highest BCUT2D eigenvalue weighted by Gasteiger charge is 2.31. The van der Waals surface area contributed by atoms with Crippen molar-refractivity contribution in [2.75, 3.05) is 0 Å². The Morgan fingerprint density at radius 3 is 2.12 bits per heavy atom. The molecule has 0 N–H and O–H groups in total. The zero-order valence-electron chi connectivity index (χ0n) is 15.3. The fourth-order valence-electron chi connectivity index (χ4n) is 2.90. The average Bonchev–Trinajstić information content (AvgIpc) is 2.51. The molecule has 1 aromatic carbocycles. The lowest BCUT2D eigenvalue weighted by atomic mass is 10.0. The molecule has 2 aromatic rings. The zero-order chi connectivity index (χ0) is 18.1. The lowest BCUT2D eigenvalue weighted by Gasteiger charge is -2.28. The Bertz CT molecular complexity index is 802. The Balaban J connectivity index is 2.58. The van der Waals surface area contributed by atoms with Crippen LogP contribution in [0.2, 0.25) is 0 Å². The molecule has 0 saturated heterocycles. The lowest BCUT2D eigenvalue weighted by Crippen LogP contribution is -2.37. The number of sulfonamides is 1. The van der Waals surface area contributed by atoms with Crippen LogP contribution in [0.1, 0.15) is 41.7 Å². The van der Waals surface area contributed by atoms with Gasteiger partial charge in [-0.05, 0) is 75.4 Å². The SMILES string of the molecule is Cc1cc(C)c(C)c(S(=O)(=O)N(Cc2cccnc2)C(C)C)c1C. The number of rotatable bonds is 5. The predicted molar refractivity (Wildman–Crippen MR) is 97.5 cm³/mol. The van der Waals surface area contributed by atoms with Crippen LogP contribution >= 0.6 is 0 Å². The van der Waals surface area contributed by atoms with Crippen molar-refractivity contribution in [2.24, 2.45) is 0 Å². The Hall–Kier alpha value is -1.72. The van der Waals surface area contributed by atoms with Gasteiger partial charge in [0.05, 0.1) is 4.90 Å². The highest BCUT2D eigenvalue weighted by Crippen LogP contribution is 2.30. The Morgan fingerprint density at radius 1 is 1.08 bits per heavy atom. The molecular formula is C19H26N2O2S. The zero-order valence-corrected chi connectivity index (χ0v) is 16.1. The van der Waals surface area contributed by atoms with E-state index in [2.05, 4.69) is 4.98 Å². The minimum absolute atomic E-state index is 0.144. The van der Waals surface area contributed by atoms with Gasteiger partial charge in [0.1, 0.15) is 0 Å². The number of aromatic nitrogens is 1. The second-order valence-corrected chi connectivity index (χ2v) is 8.42. The van der Waals surface area contributed by atoms with E-state index in [9.17, 15) is 8.42 Å². The maximum atomic E-state index is 13.4. The highest BCUT2D eigenvalue weighted by atomic mass is 32.2. The summed E-state index contributed by atoms with van der Waals surface area (Å²) in [6, 6.07) is 5.63. The topological polar surface area (TPSA) is 50.3 Å². The van der Waals surface area contributed by atoms with Crippen molar-refractivity contribution in [2.45, 2.75) is 59.0 Å². The fraction of sp³-hybridized carbons (Fsp3) is 0.421. The number of hydrogen-bond donors (Lipinski definition) is 0. The summed E-state index contributed by atoms with van der Waals surface area (Å²) in [6.45, 7) is 11.8. The maximum Gasteiger partial charge on any atom is 0.244 e. The van der Waals surface area contributed by atoms with E-state index >= 15 is 0 Å². The molecule has 2 rings (SSSR count). The first-order valence-corrected chi connectivity index (χ1v) is 9.58. The highest BCUT2D eigenvalue weighted by molar-refractivity contribution is 7.89. The molecule has 0 radical (unpaired) electrons. The quantitative estimate of drug-likeness (QED) is 0.824. The van der Waals surface area contributed by atoms with Gasteiger partial charge in [0.15, 0.2) is 0 Å².